The molecule has 3 aromatic rings. The van der Waals surface area contributed by atoms with E-state index < -0.39 is 47.5 Å². The summed E-state index contributed by atoms with van der Waals surface area (Å²) >= 11 is 0. The van der Waals surface area contributed by atoms with Gasteiger partial charge in [0.25, 0.3) is 0 Å². The lowest BCUT2D eigenvalue weighted by Gasteiger charge is -2.45. The van der Waals surface area contributed by atoms with Gasteiger partial charge in [-0.25, -0.2) is 0 Å². The standard InChI is InChI=1S/C28H25NO8/c30-25(21-22(26(31)32)24(28(35)36)23(21)27(33)34)29(15-17-7-3-1-4-8-17)16-18-11-13-20(14-12-18)37-19-9-5-2-6-10-19/h1-14,21-24H,15-16H2,(H,31,32)(H,33,34)(H,35,36). The van der Waals surface area contributed by atoms with E-state index in [0.29, 0.717) is 17.1 Å². The van der Waals surface area contributed by atoms with Crippen LogP contribution < -0.4 is 4.74 Å². The van der Waals surface area contributed by atoms with Crippen LogP contribution in [-0.4, -0.2) is 44.0 Å². The molecule has 1 fully saturated rings. The van der Waals surface area contributed by atoms with E-state index >= 15 is 0 Å². The van der Waals surface area contributed by atoms with Crippen LogP contribution in [0.4, 0.5) is 0 Å². The lowest BCUT2D eigenvalue weighted by atomic mass is 9.56. The molecular weight excluding hydrogens is 478 g/mol. The molecule has 3 N–H and O–H groups in total. The zero-order valence-electron chi connectivity index (χ0n) is 19.6. The number of carbonyl (C=O) groups excluding carboxylic acids is 1. The van der Waals surface area contributed by atoms with Gasteiger partial charge >= 0.3 is 17.9 Å². The number of carboxylic acid groups (broad SMARTS) is 3. The van der Waals surface area contributed by atoms with Crippen LogP contribution in [0.5, 0.6) is 11.5 Å². The maximum absolute atomic E-state index is 13.6. The van der Waals surface area contributed by atoms with E-state index in [1.54, 1.807) is 48.5 Å². The molecule has 1 aliphatic rings. The van der Waals surface area contributed by atoms with Crippen molar-refractivity contribution in [2.45, 2.75) is 13.1 Å². The van der Waals surface area contributed by atoms with Crippen LogP contribution in [0.2, 0.25) is 0 Å². The van der Waals surface area contributed by atoms with Crippen LogP contribution in [0.15, 0.2) is 84.9 Å². The van der Waals surface area contributed by atoms with Crippen molar-refractivity contribution in [3.63, 3.8) is 0 Å². The summed E-state index contributed by atoms with van der Waals surface area (Å²) < 4.78 is 5.79. The van der Waals surface area contributed by atoms with E-state index in [2.05, 4.69) is 0 Å². The molecule has 190 valence electrons. The normalized spacial score (nSPS) is 20.3. The van der Waals surface area contributed by atoms with Gasteiger partial charge in [-0.3, -0.25) is 19.2 Å². The molecule has 4 rings (SSSR count). The summed E-state index contributed by atoms with van der Waals surface area (Å²) in [5, 5.41) is 28.7. The van der Waals surface area contributed by atoms with Gasteiger partial charge in [-0.2, -0.15) is 0 Å². The minimum absolute atomic E-state index is 0.0618. The number of para-hydroxylation sites is 1. The first-order valence-electron chi connectivity index (χ1n) is 11.6. The van der Waals surface area contributed by atoms with Crippen molar-refractivity contribution in [1.29, 1.82) is 0 Å². The Balaban J connectivity index is 1.59. The molecule has 1 aliphatic carbocycles. The average Bonchev–Trinajstić information content (AvgIpc) is 2.84. The van der Waals surface area contributed by atoms with Gasteiger partial charge in [0.05, 0.1) is 23.7 Å². The summed E-state index contributed by atoms with van der Waals surface area (Å²) in [6.07, 6.45) is 0. The van der Waals surface area contributed by atoms with Gasteiger partial charge in [0.1, 0.15) is 11.5 Å². The highest BCUT2D eigenvalue weighted by Crippen LogP contribution is 2.48. The molecule has 1 amide bonds. The number of ether oxygens (including phenoxy) is 1. The number of rotatable bonds is 10. The minimum Gasteiger partial charge on any atom is -0.481 e. The zero-order chi connectivity index (χ0) is 26.5. The Morgan fingerprint density at radius 3 is 1.46 bits per heavy atom. The SMILES string of the molecule is O=C(O)C1C(C(=O)O)C(C(=O)N(Cc2ccccc2)Cc2ccc(Oc3ccccc3)cc2)C1C(=O)O. The number of carbonyl (C=O) groups is 4. The largest absolute Gasteiger partial charge is 0.481 e. The highest BCUT2D eigenvalue weighted by molar-refractivity contribution is 5.98. The topological polar surface area (TPSA) is 141 Å². The second kappa shape index (κ2) is 10.9. The third-order valence-corrected chi connectivity index (χ3v) is 6.49. The van der Waals surface area contributed by atoms with E-state index in [9.17, 15) is 34.5 Å². The van der Waals surface area contributed by atoms with Crippen LogP contribution >= 0.6 is 0 Å². The van der Waals surface area contributed by atoms with Crippen LogP contribution in [0.3, 0.4) is 0 Å². The molecule has 0 saturated heterocycles. The highest BCUT2D eigenvalue weighted by Gasteiger charge is 2.64. The molecule has 37 heavy (non-hydrogen) atoms. The lowest BCUT2D eigenvalue weighted by Crippen LogP contribution is -2.62. The number of hydrogen-bond acceptors (Lipinski definition) is 5. The second-order valence-electron chi connectivity index (χ2n) is 8.86. The number of hydrogen-bond donors (Lipinski definition) is 3. The molecule has 1 saturated carbocycles. The summed E-state index contributed by atoms with van der Waals surface area (Å²) in [5.74, 6) is -10.5. The summed E-state index contributed by atoms with van der Waals surface area (Å²) in [6, 6.07) is 25.2. The van der Waals surface area contributed by atoms with Crippen molar-refractivity contribution < 1.29 is 39.2 Å². The van der Waals surface area contributed by atoms with Gasteiger partial charge in [0, 0.05) is 13.1 Å². The Morgan fingerprint density at radius 2 is 0.973 bits per heavy atom. The van der Waals surface area contributed by atoms with E-state index in [4.69, 9.17) is 4.74 Å². The highest BCUT2D eigenvalue weighted by atomic mass is 16.5. The van der Waals surface area contributed by atoms with E-state index in [1.807, 2.05) is 36.4 Å². The third-order valence-electron chi connectivity index (χ3n) is 6.49. The van der Waals surface area contributed by atoms with Gasteiger partial charge in [-0.05, 0) is 35.4 Å². The fourth-order valence-electron chi connectivity index (χ4n) is 4.71. The minimum atomic E-state index is -1.68. The first-order valence-corrected chi connectivity index (χ1v) is 11.6. The third kappa shape index (κ3) is 5.61. The van der Waals surface area contributed by atoms with Crippen molar-refractivity contribution >= 4 is 23.8 Å². The molecule has 9 heteroatoms. The number of nitrogens with zero attached hydrogens (tertiary/aromatic N) is 1. The van der Waals surface area contributed by atoms with Crippen LogP contribution in [-0.2, 0) is 32.3 Å². The number of benzene rings is 3. The second-order valence-corrected chi connectivity index (χ2v) is 8.86. The van der Waals surface area contributed by atoms with Gasteiger partial charge in [-0.15, -0.1) is 0 Å². The van der Waals surface area contributed by atoms with Gasteiger partial charge < -0.3 is 25.0 Å². The average molecular weight is 504 g/mol. The predicted octanol–water partition coefficient (Wildman–Crippen LogP) is 3.74. The zero-order valence-corrected chi connectivity index (χ0v) is 19.6. The summed E-state index contributed by atoms with van der Waals surface area (Å²) in [6.45, 7) is 0.154. The number of aliphatic carboxylic acids is 3. The fraction of sp³-hybridized carbons (Fsp3) is 0.214. The van der Waals surface area contributed by atoms with Crippen LogP contribution in [0, 0.1) is 23.7 Å². The monoisotopic (exact) mass is 503 g/mol. The van der Waals surface area contributed by atoms with E-state index in [1.165, 1.54) is 4.90 Å². The molecule has 0 heterocycles. The fourth-order valence-corrected chi connectivity index (χ4v) is 4.71. The van der Waals surface area contributed by atoms with Crippen molar-refractivity contribution in [3.8, 4) is 11.5 Å². The van der Waals surface area contributed by atoms with Gasteiger partial charge in [0.2, 0.25) is 5.91 Å². The quantitative estimate of drug-likeness (QED) is 0.380. The molecule has 3 aromatic carbocycles. The molecule has 0 aromatic heterocycles. The molecule has 0 spiro atoms. The van der Waals surface area contributed by atoms with Crippen molar-refractivity contribution in [2.75, 3.05) is 0 Å². The molecule has 9 nitrogen and oxygen atoms in total. The number of amides is 1. The summed E-state index contributed by atoms with van der Waals surface area (Å²) in [4.78, 5) is 50.4. The van der Waals surface area contributed by atoms with Gasteiger partial charge in [-0.1, -0.05) is 60.7 Å². The molecule has 2 unspecified atom stereocenters. The van der Waals surface area contributed by atoms with Crippen LogP contribution in [0.1, 0.15) is 11.1 Å². The first-order chi connectivity index (χ1) is 17.8. The Morgan fingerprint density at radius 1 is 0.568 bits per heavy atom. The summed E-state index contributed by atoms with van der Waals surface area (Å²) in [7, 11) is 0. The Kier molecular flexibility index (Phi) is 7.52. The van der Waals surface area contributed by atoms with Crippen molar-refractivity contribution in [1.82, 2.24) is 4.90 Å². The van der Waals surface area contributed by atoms with E-state index in [-0.39, 0.29) is 13.1 Å². The lowest BCUT2D eigenvalue weighted by molar-refractivity contribution is -0.190. The van der Waals surface area contributed by atoms with Crippen molar-refractivity contribution in [2.24, 2.45) is 23.7 Å². The van der Waals surface area contributed by atoms with E-state index in [0.717, 1.165) is 5.56 Å². The van der Waals surface area contributed by atoms with Crippen molar-refractivity contribution in [3.05, 3.63) is 96.1 Å². The predicted molar refractivity (Wildman–Crippen MR) is 131 cm³/mol. The smallest absolute Gasteiger partial charge is 0.308 e. The molecule has 0 bridgehead atoms. The number of carboxylic acids is 3. The van der Waals surface area contributed by atoms with Crippen LogP contribution in [0.25, 0.3) is 0 Å². The molecule has 0 aliphatic heterocycles. The Bertz CT molecular complexity index is 1250. The molecule has 0 radical (unpaired) electrons. The maximum Gasteiger partial charge on any atom is 0.308 e. The Hall–Kier alpha value is -4.66. The summed E-state index contributed by atoms with van der Waals surface area (Å²) in [5.41, 5.74) is 1.46. The molecule has 2 atom stereocenters. The van der Waals surface area contributed by atoms with Gasteiger partial charge in [0.15, 0.2) is 0 Å². The molecular formula is C28H25NO8. The maximum atomic E-state index is 13.6. The Labute approximate surface area is 212 Å². The first kappa shape index (κ1) is 25.4.